The Morgan fingerprint density at radius 2 is 1.95 bits per heavy atom. The van der Waals surface area contributed by atoms with Crippen molar-refractivity contribution >= 4 is 57.7 Å². The molecule has 4 nitrogen and oxygen atoms in total. The fourth-order valence-electron chi connectivity index (χ4n) is 1.57. The van der Waals surface area contributed by atoms with Gasteiger partial charge in [-0.1, -0.05) is 23.2 Å². The van der Waals surface area contributed by atoms with E-state index in [9.17, 15) is 9.59 Å². The minimum atomic E-state index is -0.439. The second-order valence-corrected chi connectivity index (χ2v) is 5.80. The lowest BCUT2D eigenvalue weighted by Crippen LogP contribution is -2.36. The highest BCUT2D eigenvalue weighted by Gasteiger charge is 2.21. The number of esters is 1. The Morgan fingerprint density at radius 3 is 2.50 bits per heavy atom. The van der Waals surface area contributed by atoms with Crippen molar-refractivity contribution in [3.05, 3.63) is 31.3 Å². The van der Waals surface area contributed by atoms with E-state index in [4.69, 9.17) is 27.9 Å². The first kappa shape index (κ1) is 17.5. The molecule has 20 heavy (non-hydrogen) atoms. The molecule has 0 aliphatic carbocycles. The van der Waals surface area contributed by atoms with Gasteiger partial charge >= 0.3 is 5.97 Å². The quantitative estimate of drug-likeness (QED) is 0.408. The Labute approximate surface area is 141 Å². The third-order valence-corrected chi connectivity index (χ3v) is 4.51. The van der Waals surface area contributed by atoms with Crippen molar-refractivity contribution in [1.29, 1.82) is 0 Å². The number of amides is 1. The molecule has 0 fully saturated rings. The van der Waals surface area contributed by atoms with Crippen LogP contribution in [0, 0.1) is 3.57 Å². The second kappa shape index (κ2) is 8.05. The van der Waals surface area contributed by atoms with Gasteiger partial charge in [0.05, 0.1) is 17.2 Å². The molecule has 110 valence electrons. The van der Waals surface area contributed by atoms with E-state index in [0.717, 1.165) is 0 Å². The SMILES string of the molecule is CCOC(=O)CN(CC)C(=O)c1cc(Cl)cc(Cl)c1I. The second-order valence-electron chi connectivity index (χ2n) is 3.87. The van der Waals surface area contributed by atoms with Gasteiger partial charge in [0.25, 0.3) is 5.91 Å². The number of ether oxygens (including phenoxy) is 1. The van der Waals surface area contributed by atoms with Crippen LogP contribution >= 0.6 is 45.8 Å². The molecule has 1 aromatic rings. The predicted molar refractivity (Wildman–Crippen MR) is 87.4 cm³/mol. The Morgan fingerprint density at radius 1 is 1.30 bits per heavy atom. The molecule has 1 aromatic carbocycles. The maximum atomic E-state index is 12.4. The van der Waals surface area contributed by atoms with E-state index in [-0.39, 0.29) is 19.1 Å². The fraction of sp³-hybridized carbons (Fsp3) is 0.385. The van der Waals surface area contributed by atoms with Gasteiger partial charge in [-0.2, -0.15) is 0 Å². The van der Waals surface area contributed by atoms with Crippen molar-refractivity contribution in [2.45, 2.75) is 13.8 Å². The average molecular weight is 430 g/mol. The minimum absolute atomic E-state index is 0.0939. The number of benzene rings is 1. The monoisotopic (exact) mass is 429 g/mol. The zero-order valence-corrected chi connectivity index (χ0v) is 14.8. The molecule has 0 N–H and O–H groups in total. The summed E-state index contributed by atoms with van der Waals surface area (Å²) in [6, 6.07) is 3.12. The minimum Gasteiger partial charge on any atom is -0.465 e. The average Bonchev–Trinajstić information content (AvgIpc) is 2.39. The molecule has 0 saturated heterocycles. The third-order valence-electron chi connectivity index (χ3n) is 2.52. The Balaban J connectivity index is 3.00. The summed E-state index contributed by atoms with van der Waals surface area (Å²) in [6.45, 7) is 4.08. The maximum absolute atomic E-state index is 12.4. The molecule has 0 radical (unpaired) electrons. The number of likely N-dealkylation sites (N-methyl/N-ethyl adjacent to an activating group) is 1. The first-order valence-electron chi connectivity index (χ1n) is 6.00. The Hall–Kier alpha value is -0.530. The highest BCUT2D eigenvalue weighted by molar-refractivity contribution is 14.1. The molecule has 7 heteroatoms. The van der Waals surface area contributed by atoms with Crippen LogP contribution in [0.5, 0.6) is 0 Å². The van der Waals surface area contributed by atoms with Crippen LogP contribution in [0.2, 0.25) is 10.0 Å². The van der Waals surface area contributed by atoms with E-state index in [1.807, 2.05) is 22.6 Å². The molecule has 0 spiro atoms. The molecule has 0 atom stereocenters. The van der Waals surface area contributed by atoms with E-state index in [2.05, 4.69) is 0 Å². The molecule has 0 unspecified atom stereocenters. The van der Waals surface area contributed by atoms with Crippen LogP contribution < -0.4 is 0 Å². The summed E-state index contributed by atoms with van der Waals surface area (Å²) in [5.41, 5.74) is 0.384. The fourth-order valence-corrected chi connectivity index (χ4v) is 2.61. The van der Waals surface area contributed by atoms with Crippen LogP contribution in [0.15, 0.2) is 12.1 Å². The van der Waals surface area contributed by atoms with Crippen LogP contribution in [0.25, 0.3) is 0 Å². The maximum Gasteiger partial charge on any atom is 0.325 e. The summed E-state index contributed by atoms with van der Waals surface area (Å²) in [4.78, 5) is 25.3. The number of halogens is 3. The molecular formula is C13H14Cl2INO3. The summed E-state index contributed by atoms with van der Waals surface area (Å²) in [6.07, 6.45) is 0. The standard InChI is InChI=1S/C13H14Cl2INO3/c1-3-17(7-11(18)20-4-2)13(19)9-5-8(14)6-10(15)12(9)16/h5-6H,3-4,7H2,1-2H3. The molecular weight excluding hydrogens is 416 g/mol. The lowest BCUT2D eigenvalue weighted by atomic mass is 10.2. The lowest BCUT2D eigenvalue weighted by molar-refractivity contribution is -0.143. The van der Waals surface area contributed by atoms with Crippen LogP contribution in [0.1, 0.15) is 24.2 Å². The van der Waals surface area contributed by atoms with E-state index in [0.29, 0.717) is 25.7 Å². The number of hydrogen-bond donors (Lipinski definition) is 0. The van der Waals surface area contributed by atoms with Gasteiger partial charge in [-0.05, 0) is 48.6 Å². The first-order valence-corrected chi connectivity index (χ1v) is 7.83. The topological polar surface area (TPSA) is 46.6 Å². The summed E-state index contributed by atoms with van der Waals surface area (Å²) >= 11 is 13.9. The molecule has 1 amide bonds. The van der Waals surface area contributed by atoms with Crippen LogP contribution in [-0.2, 0) is 9.53 Å². The van der Waals surface area contributed by atoms with Crippen molar-refractivity contribution in [3.8, 4) is 0 Å². The van der Waals surface area contributed by atoms with E-state index >= 15 is 0 Å². The Kier molecular flexibility index (Phi) is 7.05. The van der Waals surface area contributed by atoms with Gasteiger partial charge in [-0.25, -0.2) is 0 Å². The molecule has 0 aromatic heterocycles. The number of carbonyl (C=O) groups excluding carboxylic acids is 2. The largest absolute Gasteiger partial charge is 0.465 e. The smallest absolute Gasteiger partial charge is 0.325 e. The zero-order chi connectivity index (χ0) is 15.3. The molecule has 0 aliphatic heterocycles. The third kappa shape index (κ3) is 4.49. The molecule has 0 heterocycles. The van der Waals surface area contributed by atoms with E-state index < -0.39 is 5.97 Å². The van der Waals surface area contributed by atoms with Crippen LogP contribution in [-0.4, -0.2) is 36.5 Å². The van der Waals surface area contributed by atoms with Crippen molar-refractivity contribution < 1.29 is 14.3 Å². The predicted octanol–water partition coefficient (Wildman–Crippen LogP) is 3.62. The molecule has 0 bridgehead atoms. The van der Waals surface area contributed by atoms with Gasteiger partial charge in [0, 0.05) is 15.1 Å². The van der Waals surface area contributed by atoms with Gasteiger partial charge in [-0.15, -0.1) is 0 Å². The molecule has 0 aliphatic rings. The van der Waals surface area contributed by atoms with Gasteiger partial charge in [0.1, 0.15) is 6.54 Å². The van der Waals surface area contributed by atoms with Gasteiger partial charge in [0.15, 0.2) is 0 Å². The number of carbonyl (C=O) groups is 2. The summed E-state index contributed by atoms with van der Waals surface area (Å²) < 4.78 is 5.46. The molecule has 0 saturated carbocycles. The highest BCUT2D eigenvalue weighted by atomic mass is 127. The number of nitrogens with zero attached hydrogens (tertiary/aromatic N) is 1. The number of hydrogen-bond acceptors (Lipinski definition) is 3. The summed E-state index contributed by atoms with van der Waals surface area (Å²) in [7, 11) is 0. The van der Waals surface area contributed by atoms with Crippen molar-refractivity contribution in [1.82, 2.24) is 4.90 Å². The number of rotatable bonds is 5. The van der Waals surface area contributed by atoms with Gasteiger partial charge < -0.3 is 9.64 Å². The van der Waals surface area contributed by atoms with E-state index in [1.165, 1.54) is 4.90 Å². The lowest BCUT2D eigenvalue weighted by Gasteiger charge is -2.20. The highest BCUT2D eigenvalue weighted by Crippen LogP contribution is 2.27. The van der Waals surface area contributed by atoms with Crippen molar-refractivity contribution in [3.63, 3.8) is 0 Å². The van der Waals surface area contributed by atoms with Crippen molar-refractivity contribution in [2.75, 3.05) is 19.7 Å². The van der Waals surface area contributed by atoms with Crippen LogP contribution in [0.4, 0.5) is 0 Å². The van der Waals surface area contributed by atoms with E-state index in [1.54, 1.807) is 26.0 Å². The van der Waals surface area contributed by atoms with Gasteiger partial charge in [0.2, 0.25) is 0 Å². The molecule has 1 rings (SSSR count). The zero-order valence-electron chi connectivity index (χ0n) is 11.1. The van der Waals surface area contributed by atoms with Crippen LogP contribution in [0.3, 0.4) is 0 Å². The van der Waals surface area contributed by atoms with Gasteiger partial charge in [-0.3, -0.25) is 9.59 Å². The Bertz CT molecular complexity index is 523. The summed E-state index contributed by atoms with van der Waals surface area (Å²) in [5, 5.41) is 0.791. The normalized spacial score (nSPS) is 10.2. The summed E-state index contributed by atoms with van der Waals surface area (Å²) in [5.74, 6) is -0.736. The first-order chi connectivity index (χ1) is 9.40. The van der Waals surface area contributed by atoms with Crippen molar-refractivity contribution in [2.24, 2.45) is 0 Å².